The molecule has 0 aliphatic heterocycles. The average Bonchev–Trinajstić information content (AvgIpc) is 2.82. The van der Waals surface area contributed by atoms with E-state index in [1.807, 2.05) is 38.1 Å². The van der Waals surface area contributed by atoms with E-state index in [9.17, 15) is 9.90 Å². The average molecular weight is 261 g/mol. The summed E-state index contributed by atoms with van der Waals surface area (Å²) in [6.45, 7) is 4.35. The molecule has 0 bridgehead atoms. The number of carbonyl (C=O) groups excluding carboxylic acids is 1. The Labute approximate surface area is 112 Å². The predicted molar refractivity (Wildman–Crippen MR) is 73.9 cm³/mol. The van der Waals surface area contributed by atoms with E-state index in [2.05, 4.69) is 15.5 Å². The molecular formula is C14H19N3O2. The lowest BCUT2D eigenvalue weighted by Gasteiger charge is -2.14. The molecule has 0 radical (unpaired) electrons. The highest BCUT2D eigenvalue weighted by Crippen LogP contribution is 2.14. The summed E-state index contributed by atoms with van der Waals surface area (Å²) in [6.07, 6.45) is 0.155. The number of rotatable bonds is 5. The van der Waals surface area contributed by atoms with Crippen molar-refractivity contribution in [2.24, 2.45) is 5.92 Å². The number of aromatic amines is 1. The van der Waals surface area contributed by atoms with Gasteiger partial charge >= 0.3 is 0 Å². The molecule has 1 atom stereocenters. The molecule has 0 saturated heterocycles. The fraction of sp³-hybridized carbons (Fsp3) is 0.429. The van der Waals surface area contributed by atoms with Crippen LogP contribution in [-0.2, 0) is 0 Å². The number of amides is 1. The maximum Gasteiger partial charge on any atom is 0.272 e. The molecule has 2 rings (SSSR count). The number of hydrogen-bond acceptors (Lipinski definition) is 3. The Morgan fingerprint density at radius 2 is 2.16 bits per heavy atom. The third-order valence-corrected chi connectivity index (χ3v) is 3.18. The Morgan fingerprint density at radius 1 is 1.42 bits per heavy atom. The van der Waals surface area contributed by atoms with E-state index in [1.54, 1.807) is 0 Å². The summed E-state index contributed by atoms with van der Waals surface area (Å²) in [5, 5.41) is 20.1. The molecule has 5 heteroatoms. The largest absolute Gasteiger partial charge is 0.393 e. The fourth-order valence-corrected chi connectivity index (χ4v) is 1.89. The zero-order valence-electron chi connectivity index (χ0n) is 11.2. The minimum absolute atomic E-state index is 0.197. The lowest BCUT2D eigenvalue weighted by Crippen LogP contribution is -2.29. The number of benzene rings is 1. The zero-order valence-corrected chi connectivity index (χ0v) is 11.2. The van der Waals surface area contributed by atoms with Gasteiger partial charge in [-0.05, 0) is 18.4 Å². The van der Waals surface area contributed by atoms with Gasteiger partial charge in [0, 0.05) is 11.9 Å². The molecule has 102 valence electrons. The van der Waals surface area contributed by atoms with Gasteiger partial charge < -0.3 is 10.4 Å². The monoisotopic (exact) mass is 261 g/mol. The van der Waals surface area contributed by atoms with Crippen LogP contribution in [0.1, 0.15) is 30.8 Å². The second-order valence-electron chi connectivity index (χ2n) is 4.97. The Hall–Kier alpha value is -1.88. The van der Waals surface area contributed by atoms with Crippen molar-refractivity contribution in [3.05, 3.63) is 30.0 Å². The maximum atomic E-state index is 12.0. The van der Waals surface area contributed by atoms with Crippen LogP contribution in [0.5, 0.6) is 0 Å². The molecule has 5 nitrogen and oxygen atoms in total. The van der Waals surface area contributed by atoms with E-state index in [4.69, 9.17) is 0 Å². The van der Waals surface area contributed by atoms with Crippen molar-refractivity contribution in [3.63, 3.8) is 0 Å². The summed E-state index contributed by atoms with van der Waals surface area (Å²) in [4.78, 5) is 12.0. The first-order valence-electron chi connectivity index (χ1n) is 6.49. The summed E-state index contributed by atoms with van der Waals surface area (Å²) >= 11 is 0. The topological polar surface area (TPSA) is 78.0 Å². The standard InChI is InChI=1S/C14H19N3O2/c1-9(2)12(18)7-8-15-14(19)13-10-5-3-4-6-11(10)16-17-13/h3-6,9,12,18H,7-8H2,1-2H3,(H,15,19)(H,16,17). The van der Waals surface area contributed by atoms with Gasteiger partial charge in [-0.3, -0.25) is 9.89 Å². The van der Waals surface area contributed by atoms with Gasteiger partial charge in [0.05, 0.1) is 11.6 Å². The number of aliphatic hydroxyl groups is 1. The van der Waals surface area contributed by atoms with Gasteiger partial charge in [0.15, 0.2) is 5.69 Å². The van der Waals surface area contributed by atoms with E-state index < -0.39 is 6.10 Å². The number of para-hydroxylation sites is 1. The van der Waals surface area contributed by atoms with Crippen molar-refractivity contribution >= 4 is 16.8 Å². The van der Waals surface area contributed by atoms with Crippen LogP contribution >= 0.6 is 0 Å². The smallest absolute Gasteiger partial charge is 0.272 e. The molecule has 1 aromatic carbocycles. The van der Waals surface area contributed by atoms with E-state index in [-0.39, 0.29) is 11.8 Å². The number of carbonyl (C=O) groups is 1. The van der Waals surface area contributed by atoms with E-state index in [1.165, 1.54) is 0 Å². The van der Waals surface area contributed by atoms with Gasteiger partial charge in [0.1, 0.15) is 0 Å². The molecule has 1 heterocycles. The zero-order chi connectivity index (χ0) is 13.8. The number of aliphatic hydroxyl groups excluding tert-OH is 1. The van der Waals surface area contributed by atoms with Crippen LogP contribution in [0, 0.1) is 5.92 Å². The molecule has 0 fully saturated rings. The SMILES string of the molecule is CC(C)C(O)CCNC(=O)c1n[nH]c2ccccc12. The summed E-state index contributed by atoms with van der Waals surface area (Å²) in [6, 6.07) is 7.50. The van der Waals surface area contributed by atoms with Crippen molar-refractivity contribution in [2.75, 3.05) is 6.54 Å². The Kier molecular flexibility index (Phi) is 4.16. The van der Waals surface area contributed by atoms with Crippen LogP contribution in [0.3, 0.4) is 0 Å². The highest BCUT2D eigenvalue weighted by Gasteiger charge is 2.14. The van der Waals surface area contributed by atoms with Gasteiger partial charge in [0.25, 0.3) is 5.91 Å². The van der Waals surface area contributed by atoms with Crippen molar-refractivity contribution in [1.82, 2.24) is 15.5 Å². The van der Waals surface area contributed by atoms with Crippen molar-refractivity contribution in [3.8, 4) is 0 Å². The molecule has 0 aliphatic carbocycles. The van der Waals surface area contributed by atoms with Gasteiger partial charge in [0.2, 0.25) is 0 Å². The molecule has 0 saturated carbocycles. The second kappa shape index (κ2) is 5.84. The van der Waals surface area contributed by atoms with Crippen LogP contribution in [0.2, 0.25) is 0 Å². The fourth-order valence-electron chi connectivity index (χ4n) is 1.89. The Balaban J connectivity index is 1.97. The minimum Gasteiger partial charge on any atom is -0.393 e. The molecule has 0 spiro atoms. The Morgan fingerprint density at radius 3 is 2.89 bits per heavy atom. The summed E-state index contributed by atoms with van der Waals surface area (Å²) in [7, 11) is 0. The van der Waals surface area contributed by atoms with Crippen molar-refractivity contribution in [2.45, 2.75) is 26.4 Å². The van der Waals surface area contributed by atoms with Crippen LogP contribution in [-0.4, -0.2) is 33.9 Å². The minimum atomic E-state index is -0.392. The summed E-state index contributed by atoms with van der Waals surface area (Å²) < 4.78 is 0. The van der Waals surface area contributed by atoms with Crippen LogP contribution < -0.4 is 5.32 Å². The first-order chi connectivity index (χ1) is 9.09. The molecule has 1 aromatic heterocycles. The third-order valence-electron chi connectivity index (χ3n) is 3.18. The molecule has 19 heavy (non-hydrogen) atoms. The molecule has 1 unspecified atom stereocenters. The highest BCUT2D eigenvalue weighted by molar-refractivity contribution is 6.04. The number of fused-ring (bicyclic) bond motifs is 1. The van der Waals surface area contributed by atoms with E-state index in [0.717, 1.165) is 10.9 Å². The molecular weight excluding hydrogens is 242 g/mol. The van der Waals surface area contributed by atoms with Crippen LogP contribution in [0.4, 0.5) is 0 Å². The van der Waals surface area contributed by atoms with Gasteiger partial charge in [-0.15, -0.1) is 0 Å². The molecule has 1 amide bonds. The predicted octanol–water partition coefficient (Wildman–Crippen LogP) is 1.70. The third kappa shape index (κ3) is 3.12. The normalized spacial score (nSPS) is 12.8. The van der Waals surface area contributed by atoms with Crippen LogP contribution in [0.25, 0.3) is 10.9 Å². The first kappa shape index (κ1) is 13.5. The molecule has 3 N–H and O–H groups in total. The number of nitrogens with one attached hydrogen (secondary N) is 2. The number of aromatic nitrogens is 2. The van der Waals surface area contributed by atoms with E-state index in [0.29, 0.717) is 18.7 Å². The highest BCUT2D eigenvalue weighted by atomic mass is 16.3. The Bertz CT molecular complexity index is 563. The second-order valence-corrected chi connectivity index (χ2v) is 4.97. The lowest BCUT2D eigenvalue weighted by molar-refractivity contribution is 0.0917. The molecule has 2 aromatic rings. The van der Waals surface area contributed by atoms with Gasteiger partial charge in [-0.2, -0.15) is 5.10 Å². The number of H-pyrrole nitrogens is 1. The van der Waals surface area contributed by atoms with Gasteiger partial charge in [-0.25, -0.2) is 0 Å². The summed E-state index contributed by atoms with van der Waals surface area (Å²) in [5.41, 5.74) is 1.24. The van der Waals surface area contributed by atoms with E-state index >= 15 is 0 Å². The van der Waals surface area contributed by atoms with Crippen molar-refractivity contribution < 1.29 is 9.90 Å². The number of nitrogens with zero attached hydrogens (tertiary/aromatic N) is 1. The quantitative estimate of drug-likeness (QED) is 0.766. The summed E-state index contributed by atoms with van der Waals surface area (Å²) in [5.74, 6) is -0.0171. The van der Waals surface area contributed by atoms with Crippen molar-refractivity contribution in [1.29, 1.82) is 0 Å². The van der Waals surface area contributed by atoms with Gasteiger partial charge in [-0.1, -0.05) is 32.0 Å². The van der Waals surface area contributed by atoms with Crippen LogP contribution in [0.15, 0.2) is 24.3 Å². The number of hydrogen-bond donors (Lipinski definition) is 3. The lowest BCUT2D eigenvalue weighted by atomic mass is 10.0. The maximum absolute atomic E-state index is 12.0. The molecule has 0 aliphatic rings. The first-order valence-corrected chi connectivity index (χ1v) is 6.49.